The minimum atomic E-state index is -0.830. The molecule has 0 aliphatic carbocycles. The minimum absolute atomic E-state index is 0.149. The Balaban J connectivity index is 3.89. The van der Waals surface area contributed by atoms with Gasteiger partial charge < -0.3 is 15.3 Å². The molecule has 0 aromatic heterocycles. The minimum Gasteiger partial charge on any atom is -0.481 e. The first-order chi connectivity index (χ1) is 7.90. The van der Waals surface area contributed by atoms with Crippen LogP contribution >= 0.6 is 11.8 Å². The van der Waals surface area contributed by atoms with Crippen molar-refractivity contribution in [1.29, 1.82) is 0 Å². The molecule has 0 aromatic rings. The second-order valence-electron chi connectivity index (χ2n) is 4.18. The maximum Gasteiger partial charge on any atom is 0.317 e. The molecule has 0 aromatic carbocycles. The number of carbonyl (C=O) groups is 2. The van der Waals surface area contributed by atoms with Gasteiger partial charge in [-0.1, -0.05) is 6.92 Å². The lowest BCUT2D eigenvalue weighted by Crippen LogP contribution is -2.44. The first-order valence-corrected chi connectivity index (χ1v) is 7.02. The average Bonchev–Trinajstić information content (AvgIpc) is 2.27. The van der Waals surface area contributed by atoms with Crippen LogP contribution in [0.5, 0.6) is 0 Å². The molecule has 2 unspecified atom stereocenters. The van der Waals surface area contributed by atoms with Gasteiger partial charge in [0.15, 0.2) is 0 Å². The van der Waals surface area contributed by atoms with E-state index < -0.39 is 11.9 Å². The number of carbonyl (C=O) groups excluding carboxylic acids is 1. The Hall–Kier alpha value is -0.910. The van der Waals surface area contributed by atoms with Gasteiger partial charge in [0, 0.05) is 25.4 Å². The number of rotatable bonds is 7. The van der Waals surface area contributed by atoms with Crippen molar-refractivity contribution < 1.29 is 14.7 Å². The van der Waals surface area contributed by atoms with Crippen LogP contribution in [0.1, 0.15) is 20.3 Å². The second-order valence-corrected chi connectivity index (χ2v) is 5.09. The van der Waals surface area contributed by atoms with Crippen molar-refractivity contribution in [3.8, 4) is 0 Å². The maximum absolute atomic E-state index is 11.7. The van der Waals surface area contributed by atoms with E-state index in [0.29, 0.717) is 13.0 Å². The molecule has 0 aliphatic rings. The van der Waals surface area contributed by atoms with Crippen LogP contribution in [-0.2, 0) is 4.79 Å². The van der Waals surface area contributed by atoms with Crippen LogP contribution < -0.4 is 5.32 Å². The Bertz CT molecular complexity index is 261. The number of thioether (sulfide) groups is 1. The van der Waals surface area contributed by atoms with E-state index in [1.165, 1.54) is 0 Å². The fourth-order valence-corrected chi connectivity index (χ4v) is 1.90. The number of nitrogens with one attached hydrogen (secondary N) is 1. The number of urea groups is 1. The summed E-state index contributed by atoms with van der Waals surface area (Å²) in [5, 5.41) is 11.4. The van der Waals surface area contributed by atoms with Gasteiger partial charge in [0.2, 0.25) is 0 Å². The van der Waals surface area contributed by atoms with E-state index in [0.717, 1.165) is 5.75 Å². The summed E-state index contributed by atoms with van der Waals surface area (Å²) in [5.41, 5.74) is 0. The highest BCUT2D eigenvalue weighted by atomic mass is 32.2. The summed E-state index contributed by atoms with van der Waals surface area (Å²) in [6, 6.07) is 0.0195. The third kappa shape index (κ3) is 6.41. The lowest BCUT2D eigenvalue weighted by Gasteiger charge is -2.24. The molecule has 17 heavy (non-hydrogen) atoms. The van der Waals surface area contributed by atoms with Crippen molar-refractivity contribution in [1.82, 2.24) is 10.2 Å². The van der Waals surface area contributed by atoms with Crippen molar-refractivity contribution in [2.45, 2.75) is 26.3 Å². The molecule has 2 amide bonds. The van der Waals surface area contributed by atoms with Gasteiger partial charge in [-0.05, 0) is 19.6 Å². The van der Waals surface area contributed by atoms with E-state index >= 15 is 0 Å². The van der Waals surface area contributed by atoms with Crippen LogP contribution in [0.2, 0.25) is 0 Å². The molecule has 100 valence electrons. The molecule has 0 radical (unpaired) electrons. The van der Waals surface area contributed by atoms with Crippen molar-refractivity contribution in [3.05, 3.63) is 0 Å². The Morgan fingerprint density at radius 3 is 2.47 bits per heavy atom. The van der Waals surface area contributed by atoms with Gasteiger partial charge >= 0.3 is 12.0 Å². The SMILES string of the molecule is CSCC(C)N(C)C(=O)NCCC(C)C(=O)O. The molecule has 0 saturated heterocycles. The first-order valence-electron chi connectivity index (χ1n) is 5.62. The van der Waals surface area contributed by atoms with Gasteiger partial charge in [-0.15, -0.1) is 0 Å². The summed E-state index contributed by atoms with van der Waals surface area (Å²) >= 11 is 1.69. The van der Waals surface area contributed by atoms with Crippen molar-refractivity contribution in [2.75, 3.05) is 25.6 Å². The van der Waals surface area contributed by atoms with Crippen LogP contribution in [0.25, 0.3) is 0 Å². The summed E-state index contributed by atoms with van der Waals surface area (Å²) in [6.45, 7) is 4.01. The Morgan fingerprint density at radius 2 is 2.00 bits per heavy atom. The summed E-state index contributed by atoms with van der Waals surface area (Å²) in [5.74, 6) is -0.372. The van der Waals surface area contributed by atoms with E-state index in [-0.39, 0.29) is 12.1 Å². The third-order valence-corrected chi connectivity index (χ3v) is 3.48. The highest BCUT2D eigenvalue weighted by molar-refractivity contribution is 7.98. The van der Waals surface area contributed by atoms with Gasteiger partial charge in [-0.3, -0.25) is 4.79 Å². The molecule has 5 nitrogen and oxygen atoms in total. The Morgan fingerprint density at radius 1 is 1.41 bits per heavy atom. The quantitative estimate of drug-likeness (QED) is 0.729. The first kappa shape index (κ1) is 16.1. The van der Waals surface area contributed by atoms with Gasteiger partial charge in [0.05, 0.1) is 5.92 Å². The monoisotopic (exact) mass is 262 g/mol. The predicted octanol–water partition coefficient (Wildman–Crippen LogP) is 1.49. The Kier molecular flexibility index (Phi) is 7.78. The molecule has 0 rings (SSSR count). The number of hydrogen-bond donors (Lipinski definition) is 2. The summed E-state index contributed by atoms with van der Waals surface area (Å²) in [4.78, 5) is 23.9. The average molecular weight is 262 g/mol. The second kappa shape index (κ2) is 8.22. The van der Waals surface area contributed by atoms with Gasteiger partial charge in [0.1, 0.15) is 0 Å². The molecular weight excluding hydrogens is 240 g/mol. The maximum atomic E-state index is 11.7. The van der Waals surface area contributed by atoms with Crippen LogP contribution in [-0.4, -0.2) is 53.6 Å². The normalized spacial score (nSPS) is 13.9. The molecular formula is C11H22N2O3S. The fraction of sp³-hybridized carbons (Fsp3) is 0.818. The van der Waals surface area contributed by atoms with E-state index in [2.05, 4.69) is 5.32 Å². The summed E-state index contributed by atoms with van der Waals surface area (Å²) < 4.78 is 0. The highest BCUT2D eigenvalue weighted by Crippen LogP contribution is 2.04. The van der Waals surface area contributed by atoms with Gasteiger partial charge in [-0.2, -0.15) is 11.8 Å². The topological polar surface area (TPSA) is 69.6 Å². The largest absolute Gasteiger partial charge is 0.481 e. The molecule has 6 heteroatoms. The number of carboxylic acid groups (broad SMARTS) is 1. The van der Waals surface area contributed by atoms with Gasteiger partial charge in [0.25, 0.3) is 0 Å². The zero-order valence-corrected chi connectivity index (χ0v) is 11.7. The molecule has 0 spiro atoms. The molecule has 0 saturated carbocycles. The number of nitrogens with zero attached hydrogens (tertiary/aromatic N) is 1. The number of hydrogen-bond acceptors (Lipinski definition) is 3. The lowest BCUT2D eigenvalue weighted by molar-refractivity contribution is -0.141. The number of amides is 2. The zero-order valence-electron chi connectivity index (χ0n) is 10.9. The lowest BCUT2D eigenvalue weighted by atomic mass is 10.1. The number of carboxylic acids is 1. The van der Waals surface area contributed by atoms with E-state index in [1.807, 2.05) is 13.2 Å². The molecule has 0 fully saturated rings. The predicted molar refractivity (Wildman–Crippen MR) is 70.4 cm³/mol. The van der Waals surface area contributed by atoms with Crippen LogP contribution in [0, 0.1) is 5.92 Å². The van der Waals surface area contributed by atoms with E-state index in [4.69, 9.17) is 5.11 Å². The standard InChI is InChI=1S/C11H22N2O3S/c1-8(10(14)15)5-6-12-11(16)13(3)9(2)7-17-4/h8-9H,5-7H2,1-4H3,(H,12,16)(H,14,15). The summed E-state index contributed by atoms with van der Waals surface area (Å²) in [6.07, 6.45) is 2.45. The molecule has 2 atom stereocenters. The van der Waals surface area contributed by atoms with Crippen molar-refractivity contribution in [2.24, 2.45) is 5.92 Å². The summed E-state index contributed by atoms with van der Waals surface area (Å²) in [7, 11) is 1.75. The number of aliphatic carboxylic acids is 1. The van der Waals surface area contributed by atoms with E-state index in [9.17, 15) is 9.59 Å². The van der Waals surface area contributed by atoms with Crippen molar-refractivity contribution >= 4 is 23.8 Å². The molecule has 0 heterocycles. The third-order valence-electron chi connectivity index (χ3n) is 2.66. The smallest absolute Gasteiger partial charge is 0.317 e. The van der Waals surface area contributed by atoms with Crippen molar-refractivity contribution in [3.63, 3.8) is 0 Å². The van der Waals surface area contributed by atoms with Crippen LogP contribution in [0.15, 0.2) is 0 Å². The molecule has 0 bridgehead atoms. The van der Waals surface area contributed by atoms with Crippen LogP contribution in [0.3, 0.4) is 0 Å². The zero-order chi connectivity index (χ0) is 13.4. The Labute approximate surface area is 107 Å². The van der Waals surface area contributed by atoms with E-state index in [1.54, 1.807) is 30.6 Å². The highest BCUT2D eigenvalue weighted by Gasteiger charge is 2.16. The fourth-order valence-electron chi connectivity index (χ4n) is 1.20. The molecule has 0 aliphatic heterocycles. The van der Waals surface area contributed by atoms with Crippen LogP contribution in [0.4, 0.5) is 4.79 Å². The van der Waals surface area contributed by atoms with Gasteiger partial charge in [-0.25, -0.2) is 4.79 Å². The molecule has 2 N–H and O–H groups in total.